The topological polar surface area (TPSA) is 88.9 Å². The summed E-state index contributed by atoms with van der Waals surface area (Å²) in [7, 11) is 0. The molecule has 0 aliphatic carbocycles. The first kappa shape index (κ1) is 19.9. The van der Waals surface area contributed by atoms with Gasteiger partial charge in [0.25, 0.3) is 0 Å². The number of nitrogens with one attached hydrogen (secondary N) is 1. The summed E-state index contributed by atoms with van der Waals surface area (Å²) in [5, 5.41) is 3.73. The van der Waals surface area contributed by atoms with Crippen LogP contribution >= 0.6 is 0 Å². The van der Waals surface area contributed by atoms with Crippen LogP contribution in [0.5, 0.6) is 0 Å². The highest BCUT2D eigenvalue weighted by atomic mass is 16.6. The van der Waals surface area contributed by atoms with Gasteiger partial charge >= 0.3 is 11.7 Å². The Labute approximate surface area is 163 Å². The first-order valence-corrected chi connectivity index (χ1v) is 9.46. The van der Waals surface area contributed by atoms with Crippen molar-refractivity contribution >= 4 is 28.7 Å². The largest absolute Gasteiger partial charge is 0.444 e. The van der Waals surface area contributed by atoms with E-state index in [9.17, 15) is 14.4 Å². The summed E-state index contributed by atoms with van der Waals surface area (Å²) in [5.41, 5.74) is 0.916. The highest BCUT2D eigenvalue weighted by molar-refractivity contribution is 5.95. The number of carbonyl (C=O) groups is 2. The van der Waals surface area contributed by atoms with Gasteiger partial charge in [-0.3, -0.25) is 4.79 Å². The zero-order valence-electron chi connectivity index (χ0n) is 16.7. The van der Waals surface area contributed by atoms with Crippen LogP contribution in [0.15, 0.2) is 33.5 Å². The summed E-state index contributed by atoms with van der Waals surface area (Å²) in [6.45, 7) is 8.31. The maximum absolute atomic E-state index is 12.6. The van der Waals surface area contributed by atoms with E-state index in [-0.39, 0.29) is 17.9 Å². The lowest BCUT2D eigenvalue weighted by atomic mass is 9.96. The maximum Gasteiger partial charge on any atom is 0.410 e. The number of aryl methyl sites for hydroxylation is 1. The second-order valence-corrected chi connectivity index (χ2v) is 8.19. The van der Waals surface area contributed by atoms with Gasteiger partial charge in [-0.05, 0) is 58.2 Å². The lowest BCUT2D eigenvalue weighted by Crippen LogP contribution is -2.43. The summed E-state index contributed by atoms with van der Waals surface area (Å²) < 4.78 is 10.6. The fourth-order valence-corrected chi connectivity index (χ4v) is 3.30. The molecule has 1 aliphatic heterocycles. The van der Waals surface area contributed by atoms with Crippen molar-refractivity contribution in [2.75, 3.05) is 18.4 Å². The van der Waals surface area contributed by atoms with Crippen molar-refractivity contribution in [2.45, 2.75) is 46.1 Å². The molecule has 0 saturated carbocycles. The van der Waals surface area contributed by atoms with E-state index in [1.807, 2.05) is 33.8 Å². The van der Waals surface area contributed by atoms with Crippen molar-refractivity contribution in [2.24, 2.45) is 5.92 Å². The third kappa shape index (κ3) is 4.71. The number of likely N-dealkylation sites (tertiary alicyclic amines) is 1. The van der Waals surface area contributed by atoms with Gasteiger partial charge in [0, 0.05) is 42.2 Å². The first-order chi connectivity index (χ1) is 13.1. The van der Waals surface area contributed by atoms with E-state index in [1.165, 1.54) is 6.07 Å². The number of ether oxygens (including phenoxy) is 1. The molecule has 0 bridgehead atoms. The number of carbonyl (C=O) groups excluding carboxylic acids is 2. The minimum absolute atomic E-state index is 0.0989. The molecule has 1 aliphatic rings. The Bertz CT molecular complexity index is 949. The quantitative estimate of drug-likeness (QED) is 0.795. The Balaban J connectivity index is 1.61. The first-order valence-electron chi connectivity index (χ1n) is 9.46. The molecule has 1 saturated heterocycles. The molecule has 2 amide bonds. The molecule has 0 unspecified atom stereocenters. The third-order valence-corrected chi connectivity index (χ3v) is 4.74. The normalized spacial score (nSPS) is 15.5. The molecule has 0 atom stereocenters. The van der Waals surface area contributed by atoms with E-state index in [4.69, 9.17) is 9.15 Å². The predicted octanol–water partition coefficient (Wildman–Crippen LogP) is 3.69. The number of benzene rings is 1. The highest BCUT2D eigenvalue weighted by Crippen LogP contribution is 2.24. The van der Waals surface area contributed by atoms with Gasteiger partial charge in [0.15, 0.2) is 0 Å². The summed E-state index contributed by atoms with van der Waals surface area (Å²) in [4.78, 5) is 37.9. The van der Waals surface area contributed by atoms with Gasteiger partial charge in [-0.2, -0.15) is 0 Å². The summed E-state index contributed by atoms with van der Waals surface area (Å²) >= 11 is 0. The maximum atomic E-state index is 12.6. The molecule has 1 fully saturated rings. The Morgan fingerprint density at radius 3 is 2.50 bits per heavy atom. The Morgan fingerprint density at radius 2 is 1.86 bits per heavy atom. The van der Waals surface area contributed by atoms with Crippen molar-refractivity contribution in [1.82, 2.24) is 4.90 Å². The van der Waals surface area contributed by atoms with E-state index < -0.39 is 11.2 Å². The summed E-state index contributed by atoms with van der Waals surface area (Å²) in [5.74, 6) is -0.280. The van der Waals surface area contributed by atoms with Crippen molar-refractivity contribution in [3.05, 3.63) is 40.2 Å². The van der Waals surface area contributed by atoms with Crippen LogP contribution in [0.25, 0.3) is 11.0 Å². The van der Waals surface area contributed by atoms with Crippen molar-refractivity contribution in [3.63, 3.8) is 0 Å². The minimum Gasteiger partial charge on any atom is -0.444 e. The SMILES string of the molecule is Cc1cc(=O)oc2cc(NC(=O)C3CCN(C(=O)OC(C)(C)C)CC3)ccc12. The van der Waals surface area contributed by atoms with Gasteiger partial charge in [-0.15, -0.1) is 0 Å². The molecule has 7 nitrogen and oxygen atoms in total. The number of rotatable bonds is 2. The van der Waals surface area contributed by atoms with E-state index in [1.54, 1.807) is 17.0 Å². The number of hydrogen-bond acceptors (Lipinski definition) is 5. The number of amides is 2. The summed E-state index contributed by atoms with van der Waals surface area (Å²) in [6, 6.07) is 6.73. The van der Waals surface area contributed by atoms with E-state index in [0.29, 0.717) is 37.2 Å². The predicted molar refractivity (Wildman–Crippen MR) is 106 cm³/mol. The van der Waals surface area contributed by atoms with Gasteiger partial charge in [0.05, 0.1) is 0 Å². The molecule has 150 valence electrons. The van der Waals surface area contributed by atoms with Crippen LogP contribution in [-0.2, 0) is 9.53 Å². The number of nitrogens with zero attached hydrogens (tertiary/aromatic N) is 1. The van der Waals surface area contributed by atoms with Crippen LogP contribution < -0.4 is 10.9 Å². The molecule has 0 radical (unpaired) electrons. The van der Waals surface area contributed by atoms with Crippen LogP contribution in [0, 0.1) is 12.8 Å². The molecule has 1 aromatic carbocycles. The molecule has 7 heteroatoms. The van der Waals surface area contributed by atoms with Crippen LogP contribution in [0.4, 0.5) is 10.5 Å². The fourth-order valence-electron chi connectivity index (χ4n) is 3.30. The zero-order valence-corrected chi connectivity index (χ0v) is 16.7. The standard InChI is InChI=1S/C21H26N2O5/c1-13-11-18(24)27-17-12-15(5-6-16(13)17)22-19(25)14-7-9-23(10-8-14)20(26)28-21(2,3)4/h5-6,11-12,14H,7-10H2,1-4H3,(H,22,25). The summed E-state index contributed by atoms with van der Waals surface area (Å²) in [6.07, 6.45) is 0.811. The van der Waals surface area contributed by atoms with Gasteiger partial charge in [-0.1, -0.05) is 0 Å². The number of hydrogen-bond donors (Lipinski definition) is 1. The van der Waals surface area contributed by atoms with Crippen LogP contribution in [0.3, 0.4) is 0 Å². The average Bonchev–Trinajstić information content (AvgIpc) is 2.60. The zero-order chi connectivity index (χ0) is 20.5. The number of anilines is 1. The second kappa shape index (κ2) is 7.66. The van der Waals surface area contributed by atoms with E-state index in [0.717, 1.165) is 10.9 Å². The van der Waals surface area contributed by atoms with Gasteiger partial charge in [0.1, 0.15) is 11.2 Å². The molecule has 1 aromatic heterocycles. The van der Waals surface area contributed by atoms with Crippen molar-refractivity contribution < 1.29 is 18.7 Å². The highest BCUT2D eigenvalue weighted by Gasteiger charge is 2.30. The van der Waals surface area contributed by atoms with E-state index >= 15 is 0 Å². The Morgan fingerprint density at radius 1 is 1.18 bits per heavy atom. The van der Waals surface area contributed by atoms with Gasteiger partial charge < -0.3 is 19.4 Å². The van der Waals surface area contributed by atoms with E-state index in [2.05, 4.69) is 5.32 Å². The minimum atomic E-state index is -0.533. The van der Waals surface area contributed by atoms with Gasteiger partial charge in [-0.25, -0.2) is 9.59 Å². The Hall–Kier alpha value is -2.83. The average molecular weight is 386 g/mol. The third-order valence-electron chi connectivity index (χ3n) is 4.74. The molecule has 3 rings (SSSR count). The number of fused-ring (bicyclic) bond motifs is 1. The molecule has 1 N–H and O–H groups in total. The van der Waals surface area contributed by atoms with Gasteiger partial charge in [0.2, 0.25) is 5.91 Å². The molecular weight excluding hydrogens is 360 g/mol. The fraction of sp³-hybridized carbons (Fsp3) is 0.476. The lowest BCUT2D eigenvalue weighted by Gasteiger charge is -2.32. The van der Waals surface area contributed by atoms with Crippen molar-refractivity contribution in [3.8, 4) is 0 Å². The number of piperidine rings is 1. The smallest absolute Gasteiger partial charge is 0.410 e. The Kier molecular flexibility index (Phi) is 5.45. The lowest BCUT2D eigenvalue weighted by molar-refractivity contribution is -0.121. The molecular formula is C21H26N2O5. The molecule has 2 heterocycles. The van der Waals surface area contributed by atoms with Crippen LogP contribution in [0.1, 0.15) is 39.2 Å². The van der Waals surface area contributed by atoms with Crippen LogP contribution in [-0.4, -0.2) is 35.6 Å². The second-order valence-electron chi connectivity index (χ2n) is 8.19. The molecule has 0 spiro atoms. The van der Waals surface area contributed by atoms with Crippen LogP contribution in [0.2, 0.25) is 0 Å². The van der Waals surface area contributed by atoms with Crippen molar-refractivity contribution in [1.29, 1.82) is 0 Å². The molecule has 28 heavy (non-hydrogen) atoms. The molecule has 2 aromatic rings. The monoisotopic (exact) mass is 386 g/mol.